The Hall–Kier alpha value is -7.88. The molecule has 1 aliphatic carbocycles. The highest BCUT2D eigenvalue weighted by atomic mass is 127. The fraction of sp³-hybridized carbons (Fsp3) is 0.236. The fourth-order valence-corrected chi connectivity index (χ4v) is 9.23. The third-order valence-electron chi connectivity index (χ3n) is 12.9. The van der Waals surface area contributed by atoms with Crippen molar-refractivity contribution in [1.29, 1.82) is 0 Å². The molecule has 2 fully saturated rings. The molecule has 8 aromatic rings. The molecule has 0 spiro atoms. The molecule has 4 N–H and O–H groups in total. The van der Waals surface area contributed by atoms with E-state index in [2.05, 4.69) is 53.1 Å². The lowest BCUT2D eigenvalue weighted by Crippen LogP contribution is -2.43. The molecular weight excluding hydrogens is 1050 g/mol. The van der Waals surface area contributed by atoms with Crippen LogP contribution in [0, 0.1) is 23.2 Å². The van der Waals surface area contributed by atoms with Gasteiger partial charge < -0.3 is 26.2 Å². The zero-order chi connectivity index (χ0) is 52.2. The molecule has 2 aliphatic rings. The van der Waals surface area contributed by atoms with Gasteiger partial charge in [-0.1, -0.05) is 24.3 Å². The summed E-state index contributed by atoms with van der Waals surface area (Å²) >= 11 is 1.99. The zero-order valence-corrected chi connectivity index (χ0v) is 43.6. The molecular formula is C55H54FIN12O5. The molecule has 1 saturated carbocycles. The monoisotopic (exact) mass is 1110 g/mol. The van der Waals surface area contributed by atoms with Crippen molar-refractivity contribution in [3.63, 3.8) is 0 Å². The minimum Gasteiger partial charge on any atom is -0.338 e. The third kappa shape index (κ3) is 11.5. The molecule has 0 atom stereocenters. The van der Waals surface area contributed by atoms with Crippen LogP contribution in [0.1, 0.15) is 52.9 Å². The van der Waals surface area contributed by atoms with Crippen LogP contribution in [0.4, 0.5) is 38.9 Å². The van der Waals surface area contributed by atoms with Gasteiger partial charge >= 0.3 is 5.69 Å². The van der Waals surface area contributed by atoms with E-state index in [4.69, 9.17) is 0 Å². The second-order valence-corrected chi connectivity index (χ2v) is 19.7. The van der Waals surface area contributed by atoms with E-state index in [0.717, 1.165) is 55.2 Å². The van der Waals surface area contributed by atoms with Gasteiger partial charge in [0.25, 0.3) is 17.0 Å². The summed E-state index contributed by atoms with van der Waals surface area (Å²) in [6, 6.07) is 30.2. The second kappa shape index (κ2) is 22.1. The summed E-state index contributed by atoms with van der Waals surface area (Å²) in [5, 5.41) is 12.0. The Morgan fingerprint density at radius 2 is 1.54 bits per heavy atom. The van der Waals surface area contributed by atoms with Crippen molar-refractivity contribution < 1.29 is 14.0 Å². The molecule has 4 aromatic carbocycles. The number of hydrogen-bond acceptors (Lipinski definition) is 12. The van der Waals surface area contributed by atoms with E-state index < -0.39 is 22.6 Å². The summed E-state index contributed by atoms with van der Waals surface area (Å²) in [7, 11) is 3.66. The van der Waals surface area contributed by atoms with Gasteiger partial charge in [-0.3, -0.25) is 42.8 Å². The summed E-state index contributed by atoms with van der Waals surface area (Å²) < 4.78 is 19.3. The molecule has 1 aliphatic heterocycles. The number of likely N-dealkylation sites (N-methyl/N-ethyl adjacent to an activating group) is 1. The summed E-state index contributed by atoms with van der Waals surface area (Å²) in [5.41, 5.74) is 5.73. The van der Waals surface area contributed by atoms with E-state index >= 15 is 0 Å². The lowest BCUT2D eigenvalue weighted by atomic mass is 10.1. The van der Waals surface area contributed by atoms with Crippen molar-refractivity contribution in [2.75, 3.05) is 54.5 Å². The highest BCUT2D eigenvalue weighted by Crippen LogP contribution is 2.34. The third-order valence-corrected chi connectivity index (χ3v) is 13.6. The van der Waals surface area contributed by atoms with Gasteiger partial charge in [-0.05, 0) is 146 Å². The van der Waals surface area contributed by atoms with Crippen molar-refractivity contribution in [2.24, 2.45) is 7.05 Å². The highest BCUT2D eigenvalue weighted by molar-refractivity contribution is 14.1. The molecule has 19 heteroatoms. The Balaban J connectivity index is 0.000000182. The van der Waals surface area contributed by atoms with Crippen molar-refractivity contribution in [2.45, 2.75) is 46.2 Å². The number of nitrogens with one attached hydrogen (secondary N) is 4. The first-order valence-electron chi connectivity index (χ1n) is 24.0. The Morgan fingerprint density at radius 1 is 0.784 bits per heavy atom. The number of carbonyl (C=O) groups is 2. The van der Waals surface area contributed by atoms with Gasteiger partial charge in [0.15, 0.2) is 0 Å². The first-order chi connectivity index (χ1) is 35.6. The number of carbonyl (C=O) groups excluding carboxylic acids is 2. The predicted molar refractivity (Wildman–Crippen MR) is 296 cm³/mol. The average molecular weight is 1110 g/mol. The lowest BCUT2D eigenvalue weighted by molar-refractivity contribution is -0.114. The topological polar surface area (TPSA) is 193 Å². The van der Waals surface area contributed by atoms with E-state index in [1.54, 1.807) is 55.8 Å². The minimum absolute atomic E-state index is 0.0804. The number of benzene rings is 4. The number of halogens is 2. The number of rotatable bonds is 12. The number of piperazine rings is 1. The van der Waals surface area contributed by atoms with Crippen molar-refractivity contribution >= 4 is 79.8 Å². The van der Waals surface area contributed by atoms with Gasteiger partial charge in [0.1, 0.15) is 17.0 Å². The fourth-order valence-electron chi connectivity index (χ4n) is 8.78. The highest BCUT2D eigenvalue weighted by Gasteiger charge is 2.32. The Morgan fingerprint density at radius 3 is 2.24 bits per heavy atom. The van der Waals surface area contributed by atoms with Gasteiger partial charge in [-0.25, -0.2) is 19.2 Å². The molecule has 0 radical (unpaired) electrons. The average Bonchev–Trinajstić information content (AvgIpc) is 4.24. The van der Waals surface area contributed by atoms with Crippen LogP contribution in [0.5, 0.6) is 0 Å². The number of amides is 2. The van der Waals surface area contributed by atoms with Gasteiger partial charge in [0.2, 0.25) is 11.9 Å². The molecule has 4 aromatic heterocycles. The van der Waals surface area contributed by atoms with Gasteiger partial charge in [-0.2, -0.15) is 0 Å². The number of hydrogen-bond donors (Lipinski definition) is 4. The smallest absolute Gasteiger partial charge is 0.336 e. The van der Waals surface area contributed by atoms with E-state index in [-0.39, 0.29) is 45.8 Å². The lowest BCUT2D eigenvalue weighted by Gasteiger charge is -2.32. The number of aryl methyl sites for hydroxylation is 2. The molecule has 0 unspecified atom stereocenters. The molecule has 1 saturated heterocycles. The maximum absolute atomic E-state index is 14.8. The van der Waals surface area contributed by atoms with Crippen LogP contribution in [-0.2, 0) is 18.4 Å². The Labute approximate surface area is 439 Å². The van der Waals surface area contributed by atoms with Crippen LogP contribution in [-0.4, -0.2) is 83.5 Å². The first-order valence-corrected chi connectivity index (χ1v) is 25.1. The van der Waals surface area contributed by atoms with Crippen molar-refractivity contribution in [3.05, 3.63) is 185 Å². The van der Waals surface area contributed by atoms with E-state index in [9.17, 15) is 28.4 Å². The SMILES string of the molecule is CC(=O)Nc1cccc(-n2c(=O)n(C3CC3)c(=O)c3c(Nc4ccc(I)cc4F)n(C)c(=O)c(C)c32)c1.Cc1ccc(NC(=O)c2ccc(CN3CCN(C)CC3)cc2)cc1Nc1nccc(-c2cccnc2)n1. The summed E-state index contributed by atoms with van der Waals surface area (Å²) in [6.07, 6.45) is 6.56. The molecule has 2 amide bonds. The van der Waals surface area contributed by atoms with Gasteiger partial charge in [0.05, 0.1) is 22.6 Å². The van der Waals surface area contributed by atoms with Crippen molar-refractivity contribution in [3.8, 4) is 16.9 Å². The van der Waals surface area contributed by atoms with Crippen LogP contribution in [0.15, 0.2) is 136 Å². The van der Waals surface area contributed by atoms with Crippen molar-refractivity contribution in [1.82, 2.24) is 38.5 Å². The quantitative estimate of drug-likeness (QED) is 0.0854. The molecule has 10 rings (SSSR count). The van der Waals surface area contributed by atoms with Crippen LogP contribution in [0.3, 0.4) is 0 Å². The van der Waals surface area contributed by atoms with E-state index in [1.807, 2.05) is 90.2 Å². The molecule has 5 heterocycles. The number of pyridine rings is 2. The normalized spacial score (nSPS) is 13.7. The largest absolute Gasteiger partial charge is 0.338 e. The summed E-state index contributed by atoms with van der Waals surface area (Å²) in [4.78, 5) is 83.4. The maximum Gasteiger partial charge on any atom is 0.336 e. The van der Waals surface area contributed by atoms with Gasteiger partial charge in [0, 0.05) is 109 Å². The van der Waals surface area contributed by atoms with E-state index in [0.29, 0.717) is 45.0 Å². The number of aromatic nitrogens is 6. The number of fused-ring (bicyclic) bond motifs is 1. The summed E-state index contributed by atoms with van der Waals surface area (Å²) in [6.45, 7) is 10.2. The molecule has 378 valence electrons. The Bertz CT molecular complexity index is 3610. The molecule has 17 nitrogen and oxygen atoms in total. The van der Waals surface area contributed by atoms with Crippen LogP contribution < -0.4 is 38.1 Å². The zero-order valence-electron chi connectivity index (χ0n) is 41.4. The van der Waals surface area contributed by atoms with Crippen LogP contribution in [0.25, 0.3) is 27.8 Å². The number of anilines is 6. The minimum atomic E-state index is -0.581. The Kier molecular flexibility index (Phi) is 15.2. The first kappa shape index (κ1) is 51.0. The molecule has 74 heavy (non-hydrogen) atoms. The second-order valence-electron chi connectivity index (χ2n) is 18.5. The maximum atomic E-state index is 14.8. The van der Waals surface area contributed by atoms with Gasteiger partial charge in [-0.15, -0.1) is 0 Å². The van der Waals surface area contributed by atoms with E-state index in [1.165, 1.54) is 45.4 Å². The molecule has 0 bridgehead atoms. The predicted octanol–water partition coefficient (Wildman–Crippen LogP) is 8.53. The number of nitrogens with zero attached hydrogens (tertiary/aromatic N) is 8. The van der Waals surface area contributed by atoms with Crippen LogP contribution in [0.2, 0.25) is 0 Å². The standard InChI is InChI=1S/C29H31N7O.C26H23FIN5O4/c1-21-5-10-25(18-27(21)34-29-31-13-11-26(33-29)24-4-3-12-30-19-24)32-28(37)23-8-6-22(7-9-23)20-36-16-14-35(2)15-17-36;1-13-22-21(23(31(3)24(13)35)30-20-10-7-15(28)11-19(20)27)25(36)33(17-8-9-17)26(37)32(22)18-6-4-5-16(12-18)29-14(2)34/h3-13,18-19H,14-17,20H2,1-2H3,(H,32,37)(H,31,33,34);4-7,10-12,17,30H,8-9H2,1-3H3,(H,29,34). The summed E-state index contributed by atoms with van der Waals surface area (Å²) in [5.74, 6) is -0.420. The van der Waals surface area contributed by atoms with Crippen LogP contribution >= 0.6 is 22.6 Å².